The Morgan fingerprint density at radius 2 is 1.76 bits per heavy atom. The molecule has 17 heavy (non-hydrogen) atoms. The number of carbonyl (C=O) groups is 1. The van der Waals surface area contributed by atoms with Crippen LogP contribution in [0, 0.1) is 3.57 Å². The maximum absolute atomic E-state index is 11.0. The number of aromatic carboxylic acids is 1. The first-order chi connectivity index (χ1) is 8.16. The van der Waals surface area contributed by atoms with E-state index in [1.165, 1.54) is 6.07 Å². The molecule has 0 spiro atoms. The Kier molecular flexibility index (Phi) is 3.63. The maximum atomic E-state index is 11.0. The number of halogens is 1. The van der Waals surface area contributed by atoms with Gasteiger partial charge in [0.05, 0.1) is 5.56 Å². The number of carboxylic acid groups (broad SMARTS) is 1. The summed E-state index contributed by atoms with van der Waals surface area (Å²) in [5.41, 5.74) is 0.249. The fourth-order valence-electron chi connectivity index (χ4n) is 1.36. The van der Waals surface area contributed by atoms with Gasteiger partial charge in [-0.15, -0.1) is 0 Å². The third-order valence-corrected chi connectivity index (χ3v) is 3.09. The molecule has 0 aromatic heterocycles. The Labute approximate surface area is 112 Å². The first-order valence-corrected chi connectivity index (χ1v) is 6.00. The van der Waals surface area contributed by atoms with Crippen LogP contribution in [0.3, 0.4) is 0 Å². The minimum Gasteiger partial charge on any atom is -0.478 e. The maximum Gasteiger partial charge on any atom is 0.336 e. The van der Waals surface area contributed by atoms with Gasteiger partial charge in [0.25, 0.3) is 0 Å². The predicted octanol–water partition coefficient (Wildman–Crippen LogP) is 3.78. The number of ether oxygens (including phenoxy) is 1. The van der Waals surface area contributed by atoms with Crippen molar-refractivity contribution in [3.05, 3.63) is 57.7 Å². The molecule has 0 saturated heterocycles. The fraction of sp³-hybridized carbons (Fsp3) is 0. The van der Waals surface area contributed by atoms with Crippen molar-refractivity contribution in [3.63, 3.8) is 0 Å². The molecule has 4 heteroatoms. The Balaban J connectivity index is 2.29. The van der Waals surface area contributed by atoms with Crippen molar-refractivity contribution in [2.75, 3.05) is 0 Å². The van der Waals surface area contributed by atoms with Crippen LogP contribution in [-0.2, 0) is 0 Å². The van der Waals surface area contributed by atoms with Gasteiger partial charge in [-0.05, 0) is 52.9 Å². The minimum atomic E-state index is -0.951. The van der Waals surface area contributed by atoms with Gasteiger partial charge in [0.2, 0.25) is 0 Å². The monoisotopic (exact) mass is 340 g/mol. The highest BCUT2D eigenvalue weighted by Crippen LogP contribution is 2.24. The molecule has 1 N–H and O–H groups in total. The standard InChI is InChI=1S/C13H9IO3/c14-12-7-6-10(8-11(12)13(15)16)17-9-4-2-1-3-5-9/h1-8H,(H,15,16). The molecule has 0 aliphatic heterocycles. The lowest BCUT2D eigenvalue weighted by molar-refractivity contribution is 0.0695. The molecule has 2 aromatic rings. The molecule has 0 fully saturated rings. The Morgan fingerprint density at radius 3 is 2.41 bits per heavy atom. The van der Waals surface area contributed by atoms with Crippen molar-refractivity contribution >= 4 is 28.6 Å². The molecule has 0 aliphatic rings. The zero-order chi connectivity index (χ0) is 12.3. The quantitative estimate of drug-likeness (QED) is 0.865. The summed E-state index contributed by atoms with van der Waals surface area (Å²) in [6.07, 6.45) is 0. The molecule has 0 amide bonds. The molecule has 0 saturated carbocycles. The number of carboxylic acids is 1. The molecular formula is C13H9IO3. The van der Waals surface area contributed by atoms with Crippen LogP contribution >= 0.6 is 22.6 Å². The van der Waals surface area contributed by atoms with Crippen LogP contribution in [0.5, 0.6) is 11.5 Å². The second-order valence-corrected chi connectivity index (χ2v) is 4.52. The zero-order valence-corrected chi connectivity index (χ0v) is 10.9. The summed E-state index contributed by atoms with van der Waals surface area (Å²) in [6, 6.07) is 14.3. The SMILES string of the molecule is O=C(O)c1cc(Oc2ccccc2)ccc1I. The molecule has 86 valence electrons. The van der Waals surface area contributed by atoms with Crippen LogP contribution in [0.4, 0.5) is 0 Å². The normalized spacial score (nSPS) is 9.94. The van der Waals surface area contributed by atoms with E-state index in [2.05, 4.69) is 0 Å². The van der Waals surface area contributed by atoms with Gasteiger partial charge in [-0.2, -0.15) is 0 Å². The van der Waals surface area contributed by atoms with Gasteiger partial charge in [0.15, 0.2) is 0 Å². The third-order valence-electron chi connectivity index (χ3n) is 2.15. The first-order valence-electron chi connectivity index (χ1n) is 4.92. The zero-order valence-electron chi connectivity index (χ0n) is 8.76. The van der Waals surface area contributed by atoms with Crippen LogP contribution < -0.4 is 4.74 Å². The van der Waals surface area contributed by atoms with Crippen molar-refractivity contribution in [2.24, 2.45) is 0 Å². The van der Waals surface area contributed by atoms with E-state index in [-0.39, 0.29) is 5.56 Å². The molecule has 2 aromatic carbocycles. The smallest absolute Gasteiger partial charge is 0.336 e. The van der Waals surface area contributed by atoms with E-state index in [0.717, 1.165) is 0 Å². The van der Waals surface area contributed by atoms with Crippen LogP contribution in [0.15, 0.2) is 48.5 Å². The molecule has 3 nitrogen and oxygen atoms in total. The summed E-state index contributed by atoms with van der Waals surface area (Å²) < 4.78 is 6.25. The van der Waals surface area contributed by atoms with Gasteiger partial charge in [-0.25, -0.2) is 4.79 Å². The number of benzene rings is 2. The average Bonchev–Trinajstić information content (AvgIpc) is 2.32. The highest BCUT2D eigenvalue weighted by molar-refractivity contribution is 14.1. The lowest BCUT2D eigenvalue weighted by atomic mass is 10.2. The van der Waals surface area contributed by atoms with Gasteiger partial charge >= 0.3 is 5.97 Å². The highest BCUT2D eigenvalue weighted by atomic mass is 127. The number of para-hydroxylation sites is 1. The summed E-state index contributed by atoms with van der Waals surface area (Å²) in [4.78, 5) is 11.0. The second-order valence-electron chi connectivity index (χ2n) is 3.36. The van der Waals surface area contributed by atoms with E-state index in [1.807, 2.05) is 52.9 Å². The van der Waals surface area contributed by atoms with Crippen LogP contribution in [0.1, 0.15) is 10.4 Å². The molecule has 0 unspecified atom stereocenters. The largest absolute Gasteiger partial charge is 0.478 e. The van der Waals surface area contributed by atoms with Gasteiger partial charge < -0.3 is 9.84 Å². The Bertz CT molecular complexity index is 538. The van der Waals surface area contributed by atoms with E-state index >= 15 is 0 Å². The highest BCUT2D eigenvalue weighted by Gasteiger charge is 2.09. The summed E-state index contributed by atoms with van der Waals surface area (Å²) in [5, 5.41) is 9.00. The van der Waals surface area contributed by atoms with Crippen molar-refractivity contribution < 1.29 is 14.6 Å². The van der Waals surface area contributed by atoms with Gasteiger partial charge in [0, 0.05) is 3.57 Å². The Morgan fingerprint density at radius 1 is 1.06 bits per heavy atom. The number of hydrogen-bond donors (Lipinski definition) is 1. The van der Waals surface area contributed by atoms with E-state index in [9.17, 15) is 4.79 Å². The molecule has 0 radical (unpaired) electrons. The van der Waals surface area contributed by atoms with Crippen molar-refractivity contribution in [2.45, 2.75) is 0 Å². The lowest BCUT2D eigenvalue weighted by Crippen LogP contribution is -1.99. The topological polar surface area (TPSA) is 46.5 Å². The minimum absolute atomic E-state index is 0.249. The molecule has 0 aliphatic carbocycles. The first kappa shape index (κ1) is 11.9. The van der Waals surface area contributed by atoms with Gasteiger partial charge in [-0.1, -0.05) is 18.2 Å². The summed E-state index contributed by atoms with van der Waals surface area (Å²) in [5.74, 6) is 0.256. The van der Waals surface area contributed by atoms with Gasteiger partial charge in [0.1, 0.15) is 11.5 Å². The third kappa shape index (κ3) is 2.97. The van der Waals surface area contributed by atoms with Gasteiger partial charge in [-0.3, -0.25) is 0 Å². The molecule has 0 atom stereocenters. The Hall–Kier alpha value is -1.56. The van der Waals surface area contributed by atoms with E-state index < -0.39 is 5.97 Å². The predicted molar refractivity (Wildman–Crippen MR) is 72.6 cm³/mol. The van der Waals surface area contributed by atoms with E-state index in [0.29, 0.717) is 15.1 Å². The summed E-state index contributed by atoms with van der Waals surface area (Å²) >= 11 is 1.99. The van der Waals surface area contributed by atoms with Crippen LogP contribution in [0.25, 0.3) is 0 Å². The molecule has 0 heterocycles. The summed E-state index contributed by atoms with van der Waals surface area (Å²) in [7, 11) is 0. The molecular weight excluding hydrogens is 331 g/mol. The molecule has 0 bridgehead atoms. The van der Waals surface area contributed by atoms with Crippen LogP contribution in [0.2, 0.25) is 0 Å². The average molecular weight is 340 g/mol. The number of rotatable bonds is 3. The van der Waals surface area contributed by atoms with Crippen molar-refractivity contribution in [1.82, 2.24) is 0 Å². The summed E-state index contributed by atoms with van der Waals surface area (Å²) in [6.45, 7) is 0. The molecule has 2 rings (SSSR count). The van der Waals surface area contributed by atoms with Crippen LogP contribution in [-0.4, -0.2) is 11.1 Å². The van der Waals surface area contributed by atoms with E-state index in [1.54, 1.807) is 12.1 Å². The van der Waals surface area contributed by atoms with E-state index in [4.69, 9.17) is 9.84 Å². The van der Waals surface area contributed by atoms with Crippen molar-refractivity contribution in [1.29, 1.82) is 0 Å². The second kappa shape index (κ2) is 5.18. The van der Waals surface area contributed by atoms with Crippen molar-refractivity contribution in [3.8, 4) is 11.5 Å². The fourth-order valence-corrected chi connectivity index (χ4v) is 1.92. The number of hydrogen-bond acceptors (Lipinski definition) is 2. The lowest BCUT2D eigenvalue weighted by Gasteiger charge is -2.07.